The number of nitriles is 2. The van der Waals surface area contributed by atoms with Gasteiger partial charge in [-0.2, -0.15) is 10.5 Å². The zero-order chi connectivity index (χ0) is 53.4. The molecular weight excluding hydrogens is 987 g/mol. The van der Waals surface area contributed by atoms with Crippen molar-refractivity contribution >= 4 is 109 Å². The molecule has 0 spiro atoms. The molecule has 0 fully saturated rings. The van der Waals surface area contributed by atoms with Crippen LogP contribution in [-0.4, -0.2) is 22.8 Å². The number of fused-ring (bicyclic) bond motifs is 15. The molecule has 5 aromatic heterocycles. The smallest absolute Gasteiger partial charge is 0.0998 e. The molecule has 17 rings (SSSR count). The summed E-state index contributed by atoms with van der Waals surface area (Å²) in [5, 5.41) is 33.1. The Morgan fingerprint density at radius 3 is 0.901 bits per heavy atom. The Balaban J connectivity index is 0.988. The van der Waals surface area contributed by atoms with Crippen LogP contribution in [0.25, 0.3) is 149 Å². The number of para-hydroxylation sites is 7. The van der Waals surface area contributed by atoms with Gasteiger partial charge in [-0.05, 0) is 127 Å². The summed E-state index contributed by atoms with van der Waals surface area (Å²) >= 11 is 0. The van der Waals surface area contributed by atoms with Crippen molar-refractivity contribution < 1.29 is 0 Å². The molecule has 0 saturated heterocycles. The maximum absolute atomic E-state index is 11.3. The second-order valence-corrected chi connectivity index (χ2v) is 21.1. The molecule has 374 valence electrons. The lowest BCUT2D eigenvalue weighted by molar-refractivity contribution is 1.09. The molecular formula is C74H43N7. The van der Waals surface area contributed by atoms with Crippen LogP contribution in [0.1, 0.15) is 11.1 Å². The molecule has 17 aromatic rings. The van der Waals surface area contributed by atoms with E-state index >= 15 is 0 Å². The third-order valence-electron chi connectivity index (χ3n) is 16.9. The van der Waals surface area contributed by atoms with Gasteiger partial charge in [-0.1, -0.05) is 140 Å². The quantitative estimate of drug-likeness (QED) is 0.166. The number of nitrogens with zero attached hydrogens (tertiary/aromatic N) is 7. The Morgan fingerprint density at radius 2 is 0.543 bits per heavy atom. The summed E-state index contributed by atoms with van der Waals surface area (Å²) in [6, 6.07) is 98.0. The highest BCUT2D eigenvalue weighted by Gasteiger charge is 2.25. The fraction of sp³-hybridized carbons (Fsp3) is 0. The molecule has 0 aliphatic rings. The first-order valence-corrected chi connectivity index (χ1v) is 27.3. The van der Waals surface area contributed by atoms with E-state index in [1.807, 2.05) is 24.3 Å². The topological polar surface area (TPSA) is 72.2 Å². The van der Waals surface area contributed by atoms with Gasteiger partial charge < -0.3 is 22.8 Å². The van der Waals surface area contributed by atoms with E-state index in [0.29, 0.717) is 11.1 Å². The monoisotopic (exact) mass is 1030 g/mol. The number of hydrogen-bond donors (Lipinski definition) is 0. The summed E-state index contributed by atoms with van der Waals surface area (Å²) in [6.07, 6.45) is 0. The molecule has 0 atom stereocenters. The molecule has 81 heavy (non-hydrogen) atoms. The fourth-order valence-corrected chi connectivity index (χ4v) is 13.5. The van der Waals surface area contributed by atoms with Crippen molar-refractivity contribution in [3.8, 4) is 51.7 Å². The van der Waals surface area contributed by atoms with E-state index in [-0.39, 0.29) is 0 Å². The Labute approximate surface area is 463 Å². The van der Waals surface area contributed by atoms with E-state index in [4.69, 9.17) is 0 Å². The van der Waals surface area contributed by atoms with Gasteiger partial charge in [-0.25, -0.2) is 0 Å². The van der Waals surface area contributed by atoms with Gasteiger partial charge in [0.05, 0.1) is 89.8 Å². The fourth-order valence-electron chi connectivity index (χ4n) is 13.5. The van der Waals surface area contributed by atoms with Crippen LogP contribution < -0.4 is 0 Å². The standard InChI is InChI=1S/C74H43N7/c75-44-46-16-15-17-47(38-46)59-43-74(73(39-48(59)45-76)80-69-31-14-7-24-58(69)60-40-49(32-35-70(60)80)77-63-25-8-1-18-52(63)53-19-2-9-26-64(53)77)81-71-36-33-50(78-65-27-10-3-20-54(65)55-21-4-11-28-66(55)78)41-61(71)62-42-51(34-37-72(62)81)79-67-29-12-5-22-56(67)57-23-6-13-30-68(57)79/h1-43H. The lowest BCUT2D eigenvalue weighted by Gasteiger charge is -2.20. The summed E-state index contributed by atoms with van der Waals surface area (Å²) in [5.41, 5.74) is 18.3. The largest absolute Gasteiger partial charge is 0.309 e. The lowest BCUT2D eigenvalue weighted by atomic mass is 9.97. The highest BCUT2D eigenvalue weighted by Crippen LogP contribution is 2.45. The van der Waals surface area contributed by atoms with Gasteiger partial charge in [-0.15, -0.1) is 0 Å². The van der Waals surface area contributed by atoms with Gasteiger partial charge in [0.2, 0.25) is 0 Å². The maximum Gasteiger partial charge on any atom is 0.0998 e. The highest BCUT2D eigenvalue weighted by atomic mass is 15.1. The molecule has 12 aromatic carbocycles. The summed E-state index contributed by atoms with van der Waals surface area (Å²) in [6.45, 7) is 0. The molecule has 0 saturated carbocycles. The van der Waals surface area contributed by atoms with Gasteiger partial charge in [0.15, 0.2) is 0 Å². The van der Waals surface area contributed by atoms with Gasteiger partial charge in [-0.3, -0.25) is 0 Å². The van der Waals surface area contributed by atoms with Crippen molar-refractivity contribution in [1.29, 1.82) is 10.5 Å². The van der Waals surface area contributed by atoms with Gasteiger partial charge >= 0.3 is 0 Å². The minimum Gasteiger partial charge on any atom is -0.309 e. The predicted octanol–water partition coefficient (Wildman–Crippen LogP) is 18.6. The molecule has 7 heteroatoms. The van der Waals surface area contributed by atoms with Crippen LogP contribution in [0.2, 0.25) is 0 Å². The normalized spacial score (nSPS) is 11.9. The zero-order valence-corrected chi connectivity index (χ0v) is 43.5. The highest BCUT2D eigenvalue weighted by molar-refractivity contribution is 6.16. The van der Waals surface area contributed by atoms with Crippen LogP contribution in [0.15, 0.2) is 261 Å². The predicted molar refractivity (Wildman–Crippen MR) is 333 cm³/mol. The first-order chi connectivity index (χ1) is 40.1. The van der Waals surface area contributed by atoms with Crippen molar-refractivity contribution in [2.45, 2.75) is 0 Å². The number of aromatic nitrogens is 5. The van der Waals surface area contributed by atoms with Crippen molar-refractivity contribution in [2.24, 2.45) is 0 Å². The van der Waals surface area contributed by atoms with E-state index in [1.54, 1.807) is 0 Å². The van der Waals surface area contributed by atoms with Crippen molar-refractivity contribution in [1.82, 2.24) is 22.8 Å². The molecule has 0 N–H and O–H groups in total. The van der Waals surface area contributed by atoms with Crippen LogP contribution in [0.3, 0.4) is 0 Å². The Hall–Kier alpha value is -11.4. The van der Waals surface area contributed by atoms with E-state index in [1.165, 1.54) is 32.3 Å². The average molecular weight is 1030 g/mol. The SMILES string of the molecule is N#Cc1cccc(-c2cc(-n3c4ccc(-n5c6ccccc6c6ccccc65)cc4c4cc(-n5c6ccccc6c6ccccc65)ccc43)c(-n3c4ccccc4c4cc(-n5c6ccccc6c6ccccc65)ccc43)cc2C#N)c1. The Bertz CT molecular complexity index is 5310. The van der Waals surface area contributed by atoms with Crippen molar-refractivity contribution in [3.05, 3.63) is 272 Å². The number of benzene rings is 12. The van der Waals surface area contributed by atoms with E-state index in [9.17, 15) is 10.5 Å². The van der Waals surface area contributed by atoms with Gasteiger partial charge in [0.25, 0.3) is 0 Å². The molecule has 0 aliphatic carbocycles. The van der Waals surface area contributed by atoms with Crippen LogP contribution in [0.4, 0.5) is 0 Å². The molecule has 0 amide bonds. The molecule has 0 aliphatic heterocycles. The minimum absolute atomic E-state index is 0.500. The average Bonchev–Trinajstić information content (AvgIpc) is 4.52. The summed E-state index contributed by atoms with van der Waals surface area (Å²) in [4.78, 5) is 0. The molecule has 7 nitrogen and oxygen atoms in total. The first-order valence-electron chi connectivity index (χ1n) is 27.3. The Morgan fingerprint density at radius 1 is 0.235 bits per heavy atom. The first kappa shape index (κ1) is 44.7. The number of rotatable bonds is 6. The van der Waals surface area contributed by atoms with E-state index in [0.717, 1.165) is 116 Å². The summed E-state index contributed by atoms with van der Waals surface area (Å²) < 4.78 is 11.9. The third kappa shape index (κ3) is 6.37. The second kappa shape index (κ2) is 17.1. The van der Waals surface area contributed by atoms with E-state index < -0.39 is 0 Å². The van der Waals surface area contributed by atoms with Gasteiger partial charge in [0, 0.05) is 76.5 Å². The van der Waals surface area contributed by atoms with Crippen molar-refractivity contribution in [3.63, 3.8) is 0 Å². The van der Waals surface area contributed by atoms with Crippen molar-refractivity contribution in [2.75, 3.05) is 0 Å². The van der Waals surface area contributed by atoms with Gasteiger partial charge in [0.1, 0.15) is 0 Å². The molecule has 0 radical (unpaired) electrons. The second-order valence-electron chi connectivity index (χ2n) is 21.1. The lowest BCUT2D eigenvalue weighted by Crippen LogP contribution is -2.06. The summed E-state index contributed by atoms with van der Waals surface area (Å²) in [7, 11) is 0. The summed E-state index contributed by atoms with van der Waals surface area (Å²) in [5.74, 6) is 0. The molecule has 0 unspecified atom stereocenters. The molecule has 5 heterocycles. The third-order valence-corrected chi connectivity index (χ3v) is 16.9. The van der Waals surface area contributed by atoms with Crippen LogP contribution in [0.5, 0.6) is 0 Å². The van der Waals surface area contributed by atoms with Crippen LogP contribution >= 0.6 is 0 Å². The van der Waals surface area contributed by atoms with Crippen LogP contribution in [0, 0.1) is 22.7 Å². The Kier molecular flexibility index (Phi) is 9.42. The zero-order valence-electron chi connectivity index (χ0n) is 43.5. The van der Waals surface area contributed by atoms with Crippen LogP contribution in [-0.2, 0) is 0 Å². The number of hydrogen-bond acceptors (Lipinski definition) is 2. The minimum atomic E-state index is 0.500. The van der Waals surface area contributed by atoms with E-state index in [2.05, 4.69) is 272 Å². The maximum atomic E-state index is 11.3. The molecule has 0 bridgehead atoms.